The van der Waals surface area contributed by atoms with Gasteiger partial charge in [0.25, 0.3) is 0 Å². The molecule has 0 aliphatic heterocycles. The van der Waals surface area contributed by atoms with Crippen molar-refractivity contribution in [2.24, 2.45) is 17.6 Å². The third-order valence-electron chi connectivity index (χ3n) is 5.65. The normalized spacial score (nSPS) is 29.8. The van der Waals surface area contributed by atoms with Crippen LogP contribution in [-0.2, 0) is 6.54 Å². The minimum atomic E-state index is 0.188. The van der Waals surface area contributed by atoms with Gasteiger partial charge >= 0.3 is 0 Å². The molecule has 2 unspecified atom stereocenters. The maximum Gasteiger partial charge on any atom is 0.0409 e. The molecule has 0 amide bonds. The lowest BCUT2D eigenvalue weighted by atomic mass is 9.73. The minimum absolute atomic E-state index is 0.188. The van der Waals surface area contributed by atoms with Crippen LogP contribution in [0.15, 0.2) is 24.3 Å². The Labute approximate surface area is 133 Å². The molecule has 2 saturated carbocycles. The number of nitrogens with zero attached hydrogens (tertiary/aromatic N) is 1. The highest BCUT2D eigenvalue weighted by Crippen LogP contribution is 2.47. The molecule has 0 heterocycles. The number of hydrogen-bond donors (Lipinski definition) is 1. The lowest BCUT2D eigenvalue weighted by Gasteiger charge is -2.47. The molecule has 2 nitrogen and oxygen atoms in total. The van der Waals surface area contributed by atoms with Crippen molar-refractivity contribution in [3.63, 3.8) is 0 Å². The van der Waals surface area contributed by atoms with Crippen LogP contribution in [-0.4, -0.2) is 24.0 Å². The number of hydrogen-bond acceptors (Lipinski definition) is 2. The fourth-order valence-corrected chi connectivity index (χ4v) is 4.33. The van der Waals surface area contributed by atoms with Gasteiger partial charge in [-0.15, -0.1) is 0 Å². The Morgan fingerprint density at radius 1 is 1.29 bits per heavy atom. The average Bonchev–Trinajstić information content (AvgIpc) is 3.32. The van der Waals surface area contributed by atoms with Crippen molar-refractivity contribution in [1.29, 1.82) is 0 Å². The third-order valence-corrected chi connectivity index (χ3v) is 5.88. The molecule has 3 rings (SSSR count). The van der Waals surface area contributed by atoms with Crippen molar-refractivity contribution < 1.29 is 0 Å². The number of likely N-dealkylation sites (N-methyl/N-ethyl adjacent to an activating group) is 1. The topological polar surface area (TPSA) is 29.3 Å². The lowest BCUT2D eigenvalue weighted by Crippen LogP contribution is -2.54. The van der Waals surface area contributed by atoms with Crippen molar-refractivity contribution in [3.05, 3.63) is 34.9 Å². The monoisotopic (exact) mass is 306 g/mol. The highest BCUT2D eigenvalue weighted by atomic mass is 35.5. The van der Waals surface area contributed by atoms with Crippen LogP contribution in [0.2, 0.25) is 5.02 Å². The maximum absolute atomic E-state index is 6.24. The number of halogens is 1. The van der Waals surface area contributed by atoms with Gasteiger partial charge in [-0.25, -0.2) is 0 Å². The van der Waals surface area contributed by atoms with Crippen LogP contribution in [0.4, 0.5) is 0 Å². The van der Waals surface area contributed by atoms with E-state index in [1.807, 2.05) is 12.1 Å². The summed E-state index contributed by atoms with van der Waals surface area (Å²) in [5.74, 6) is 1.90. The largest absolute Gasteiger partial charge is 0.329 e. The summed E-state index contributed by atoms with van der Waals surface area (Å²) in [6.07, 6.45) is 8.16. The van der Waals surface area contributed by atoms with E-state index in [-0.39, 0.29) is 5.54 Å². The Morgan fingerprint density at radius 3 is 2.76 bits per heavy atom. The summed E-state index contributed by atoms with van der Waals surface area (Å²) in [5, 5.41) is 0.821. The molecular formula is C18H27ClN2. The maximum atomic E-state index is 6.24. The van der Waals surface area contributed by atoms with Crippen LogP contribution < -0.4 is 5.73 Å². The number of benzene rings is 1. The molecule has 2 fully saturated rings. The van der Waals surface area contributed by atoms with E-state index in [1.165, 1.54) is 44.1 Å². The summed E-state index contributed by atoms with van der Waals surface area (Å²) < 4.78 is 0. The van der Waals surface area contributed by atoms with Gasteiger partial charge in [-0.05, 0) is 62.3 Å². The second-order valence-corrected chi connectivity index (χ2v) is 7.54. The van der Waals surface area contributed by atoms with Gasteiger partial charge in [-0.1, -0.05) is 36.6 Å². The van der Waals surface area contributed by atoms with Crippen molar-refractivity contribution in [1.82, 2.24) is 4.90 Å². The molecule has 0 radical (unpaired) electrons. The summed E-state index contributed by atoms with van der Waals surface area (Å²) in [5.41, 5.74) is 7.71. The van der Waals surface area contributed by atoms with E-state index in [9.17, 15) is 0 Å². The second kappa shape index (κ2) is 6.28. The molecule has 2 aliphatic carbocycles. The standard InChI is InChI=1S/C18H27ClN2/c1-21(12-14-4-2-6-17(19)10-14)18(13-20)9-3-5-16(11-18)15-7-8-15/h2,4,6,10,15-16H,3,5,7-9,11-13,20H2,1H3. The number of nitrogens with two attached hydrogens (primary N) is 1. The number of rotatable bonds is 5. The molecule has 2 atom stereocenters. The summed E-state index contributed by atoms with van der Waals surface area (Å²) in [6, 6.07) is 8.21. The highest BCUT2D eigenvalue weighted by Gasteiger charge is 2.43. The Hall–Kier alpha value is -0.570. The van der Waals surface area contributed by atoms with E-state index >= 15 is 0 Å². The first-order valence-electron chi connectivity index (χ1n) is 8.29. The van der Waals surface area contributed by atoms with Crippen LogP contribution in [0.5, 0.6) is 0 Å². The van der Waals surface area contributed by atoms with E-state index < -0.39 is 0 Å². The summed E-state index contributed by atoms with van der Waals surface area (Å²) in [4.78, 5) is 2.49. The van der Waals surface area contributed by atoms with Crippen molar-refractivity contribution in [2.75, 3.05) is 13.6 Å². The first-order chi connectivity index (χ1) is 10.1. The summed E-state index contributed by atoms with van der Waals surface area (Å²) >= 11 is 6.11. The zero-order valence-corrected chi connectivity index (χ0v) is 13.8. The molecule has 0 saturated heterocycles. The zero-order valence-electron chi connectivity index (χ0n) is 13.0. The van der Waals surface area contributed by atoms with Gasteiger partial charge in [0.1, 0.15) is 0 Å². The van der Waals surface area contributed by atoms with Crippen LogP contribution >= 0.6 is 11.6 Å². The van der Waals surface area contributed by atoms with Crippen LogP contribution in [0, 0.1) is 11.8 Å². The van der Waals surface area contributed by atoms with E-state index in [1.54, 1.807) is 0 Å². The highest BCUT2D eigenvalue weighted by molar-refractivity contribution is 6.30. The van der Waals surface area contributed by atoms with Crippen LogP contribution in [0.25, 0.3) is 0 Å². The summed E-state index contributed by atoms with van der Waals surface area (Å²) in [7, 11) is 2.24. The lowest BCUT2D eigenvalue weighted by molar-refractivity contribution is 0.0459. The van der Waals surface area contributed by atoms with Crippen molar-refractivity contribution >= 4 is 11.6 Å². The minimum Gasteiger partial charge on any atom is -0.329 e. The molecule has 1 aromatic carbocycles. The smallest absolute Gasteiger partial charge is 0.0409 e. The van der Waals surface area contributed by atoms with E-state index in [4.69, 9.17) is 17.3 Å². The Bertz CT molecular complexity index is 486. The van der Waals surface area contributed by atoms with Gasteiger partial charge in [-0.3, -0.25) is 4.90 Å². The Morgan fingerprint density at radius 2 is 2.10 bits per heavy atom. The predicted molar refractivity (Wildman–Crippen MR) is 89.4 cm³/mol. The van der Waals surface area contributed by atoms with Gasteiger partial charge in [0.05, 0.1) is 0 Å². The Kier molecular flexibility index (Phi) is 4.58. The van der Waals surface area contributed by atoms with E-state index in [0.717, 1.165) is 29.9 Å². The molecule has 1 aromatic rings. The Balaban J connectivity index is 1.71. The van der Waals surface area contributed by atoms with Gasteiger partial charge in [0.2, 0.25) is 0 Å². The molecule has 0 aromatic heterocycles. The van der Waals surface area contributed by atoms with Gasteiger partial charge in [-0.2, -0.15) is 0 Å². The molecule has 0 spiro atoms. The van der Waals surface area contributed by atoms with Crippen molar-refractivity contribution in [2.45, 2.75) is 50.6 Å². The molecule has 0 bridgehead atoms. The fraction of sp³-hybridized carbons (Fsp3) is 0.667. The van der Waals surface area contributed by atoms with E-state index in [2.05, 4.69) is 24.1 Å². The van der Waals surface area contributed by atoms with Crippen LogP contribution in [0.3, 0.4) is 0 Å². The molecule has 2 N–H and O–H groups in total. The molecule has 116 valence electrons. The predicted octanol–water partition coefficient (Wildman–Crippen LogP) is 4.07. The SMILES string of the molecule is CN(Cc1cccc(Cl)c1)C1(CN)CCCC(C2CC2)C1. The first-order valence-corrected chi connectivity index (χ1v) is 8.66. The molecule has 2 aliphatic rings. The van der Waals surface area contributed by atoms with Gasteiger partial charge < -0.3 is 5.73 Å². The summed E-state index contributed by atoms with van der Waals surface area (Å²) in [6.45, 7) is 1.71. The second-order valence-electron chi connectivity index (χ2n) is 7.11. The van der Waals surface area contributed by atoms with Gasteiger partial charge in [0, 0.05) is 23.7 Å². The van der Waals surface area contributed by atoms with E-state index in [0.29, 0.717) is 0 Å². The average molecular weight is 307 g/mol. The molecule has 21 heavy (non-hydrogen) atoms. The molecular weight excluding hydrogens is 280 g/mol. The fourth-order valence-electron chi connectivity index (χ4n) is 4.12. The third kappa shape index (κ3) is 3.44. The molecule has 3 heteroatoms. The zero-order chi connectivity index (χ0) is 14.9. The first kappa shape index (κ1) is 15.3. The van der Waals surface area contributed by atoms with Gasteiger partial charge in [0.15, 0.2) is 0 Å². The van der Waals surface area contributed by atoms with Crippen LogP contribution in [0.1, 0.15) is 44.1 Å². The quantitative estimate of drug-likeness (QED) is 0.888. The van der Waals surface area contributed by atoms with Crippen molar-refractivity contribution in [3.8, 4) is 0 Å².